The van der Waals surface area contributed by atoms with Crippen LogP contribution in [0.1, 0.15) is 32.6 Å². The molecule has 1 aliphatic rings. The van der Waals surface area contributed by atoms with Crippen LogP contribution in [0.2, 0.25) is 0 Å². The van der Waals surface area contributed by atoms with Gasteiger partial charge in [0.15, 0.2) is 0 Å². The van der Waals surface area contributed by atoms with Crippen molar-refractivity contribution in [3.8, 4) is 0 Å². The fourth-order valence-electron chi connectivity index (χ4n) is 1.77. The summed E-state index contributed by atoms with van der Waals surface area (Å²) in [6, 6.07) is 0. The number of halogens is 4. The van der Waals surface area contributed by atoms with Crippen molar-refractivity contribution < 1.29 is 22.7 Å². The number of rotatable bonds is 3. The van der Waals surface area contributed by atoms with Gasteiger partial charge in [-0.25, -0.2) is 17.6 Å². The minimum atomic E-state index is -3.20. The Bertz CT molecular complexity index is 199. The first-order valence-corrected chi connectivity index (χ1v) is 4.64. The van der Waals surface area contributed by atoms with E-state index in [0.717, 1.165) is 0 Å². The third kappa shape index (κ3) is 3.12. The maximum absolute atomic E-state index is 12.7. The summed E-state index contributed by atoms with van der Waals surface area (Å²) in [5.74, 6) is -6.41. The zero-order chi connectivity index (χ0) is 11.0. The largest absolute Gasteiger partial charge is 0.387 e. The van der Waals surface area contributed by atoms with Gasteiger partial charge in [0.05, 0.1) is 0 Å². The van der Waals surface area contributed by atoms with Crippen LogP contribution in [-0.2, 0) is 0 Å². The smallest absolute Gasteiger partial charge is 0.270 e. The molecule has 0 radical (unpaired) electrons. The van der Waals surface area contributed by atoms with Crippen LogP contribution in [0, 0.1) is 5.92 Å². The van der Waals surface area contributed by atoms with Gasteiger partial charge in [0.25, 0.3) is 5.92 Å². The van der Waals surface area contributed by atoms with E-state index in [4.69, 9.17) is 5.11 Å². The molecule has 0 amide bonds. The first kappa shape index (κ1) is 11.8. The van der Waals surface area contributed by atoms with E-state index in [1.54, 1.807) is 0 Å². The number of alkyl halides is 4. The summed E-state index contributed by atoms with van der Waals surface area (Å²) in [6.45, 7) is 0.602. The summed E-state index contributed by atoms with van der Waals surface area (Å²) in [6.07, 6.45) is -2.44. The van der Waals surface area contributed by atoms with Gasteiger partial charge in [0.2, 0.25) is 5.92 Å². The molecular formula is C9H14F4O. The Labute approximate surface area is 80.1 Å². The fourth-order valence-corrected chi connectivity index (χ4v) is 1.77. The number of hydrogen-bond donors (Lipinski definition) is 1. The van der Waals surface area contributed by atoms with Crippen molar-refractivity contribution >= 4 is 0 Å². The predicted octanol–water partition coefficient (Wildman–Crippen LogP) is 2.83. The molecule has 0 spiro atoms. The van der Waals surface area contributed by atoms with Gasteiger partial charge in [-0.15, -0.1) is 0 Å². The van der Waals surface area contributed by atoms with Crippen molar-refractivity contribution in [2.24, 2.45) is 5.92 Å². The average Bonchev–Trinajstić information content (AvgIpc) is 2.28. The summed E-state index contributed by atoms with van der Waals surface area (Å²) in [4.78, 5) is 0. The highest BCUT2D eigenvalue weighted by Gasteiger charge is 2.42. The number of hydrogen-bond acceptors (Lipinski definition) is 1. The van der Waals surface area contributed by atoms with Crippen LogP contribution >= 0.6 is 0 Å². The van der Waals surface area contributed by atoms with E-state index in [0.29, 0.717) is 6.92 Å². The van der Waals surface area contributed by atoms with E-state index in [2.05, 4.69) is 0 Å². The summed E-state index contributed by atoms with van der Waals surface area (Å²) in [5.41, 5.74) is 0. The number of aliphatic hydroxyl groups is 1. The van der Waals surface area contributed by atoms with Crippen molar-refractivity contribution in [2.75, 3.05) is 0 Å². The van der Waals surface area contributed by atoms with Gasteiger partial charge >= 0.3 is 0 Å². The van der Waals surface area contributed by atoms with Crippen LogP contribution in [0.3, 0.4) is 0 Å². The van der Waals surface area contributed by atoms with E-state index in [1.807, 2.05) is 0 Å². The summed E-state index contributed by atoms with van der Waals surface area (Å²) >= 11 is 0. The van der Waals surface area contributed by atoms with Gasteiger partial charge in [-0.3, -0.25) is 0 Å². The summed E-state index contributed by atoms with van der Waals surface area (Å²) < 4.78 is 50.4. The van der Waals surface area contributed by atoms with Crippen molar-refractivity contribution in [3.05, 3.63) is 0 Å². The molecule has 84 valence electrons. The molecule has 2 atom stereocenters. The monoisotopic (exact) mass is 214 g/mol. The van der Waals surface area contributed by atoms with Crippen molar-refractivity contribution in [3.63, 3.8) is 0 Å². The van der Waals surface area contributed by atoms with Crippen LogP contribution in [0.4, 0.5) is 17.6 Å². The SMILES string of the molecule is CC(F)(F)C(O)CC1CCC(F)(F)C1. The minimum Gasteiger partial charge on any atom is -0.387 e. The molecule has 14 heavy (non-hydrogen) atoms. The average molecular weight is 214 g/mol. The van der Waals surface area contributed by atoms with Gasteiger partial charge in [-0.05, 0) is 18.8 Å². The quantitative estimate of drug-likeness (QED) is 0.716. The fraction of sp³-hybridized carbons (Fsp3) is 1.00. The lowest BCUT2D eigenvalue weighted by Gasteiger charge is -2.21. The highest BCUT2D eigenvalue weighted by atomic mass is 19.3. The molecule has 1 saturated carbocycles. The van der Waals surface area contributed by atoms with Crippen molar-refractivity contribution in [1.82, 2.24) is 0 Å². The van der Waals surface area contributed by atoms with Crippen LogP contribution < -0.4 is 0 Å². The Morgan fingerprint density at radius 3 is 2.43 bits per heavy atom. The van der Waals surface area contributed by atoms with Gasteiger partial charge in [0.1, 0.15) is 6.10 Å². The van der Waals surface area contributed by atoms with Crippen LogP contribution in [0.25, 0.3) is 0 Å². The maximum Gasteiger partial charge on any atom is 0.270 e. The Kier molecular flexibility index (Phi) is 3.09. The highest BCUT2D eigenvalue weighted by molar-refractivity contribution is 4.84. The maximum atomic E-state index is 12.7. The molecule has 0 aliphatic heterocycles. The second-order valence-corrected chi connectivity index (χ2v) is 4.17. The lowest BCUT2D eigenvalue weighted by molar-refractivity contribution is -0.103. The van der Waals surface area contributed by atoms with E-state index >= 15 is 0 Å². The molecule has 1 N–H and O–H groups in total. The standard InChI is InChI=1S/C9H14F4O/c1-8(10,11)7(14)4-6-2-3-9(12,13)5-6/h6-7,14H,2-5H2,1H3. The third-order valence-electron chi connectivity index (χ3n) is 2.65. The first-order chi connectivity index (χ1) is 6.21. The number of aliphatic hydroxyl groups excluding tert-OH is 1. The lowest BCUT2D eigenvalue weighted by atomic mass is 9.97. The zero-order valence-corrected chi connectivity index (χ0v) is 7.94. The highest BCUT2D eigenvalue weighted by Crippen LogP contribution is 2.41. The molecule has 0 bridgehead atoms. The molecule has 1 rings (SSSR count). The molecule has 0 aromatic heterocycles. The molecule has 5 heteroatoms. The van der Waals surface area contributed by atoms with E-state index in [1.165, 1.54) is 0 Å². The lowest BCUT2D eigenvalue weighted by Crippen LogP contribution is -2.31. The van der Waals surface area contributed by atoms with E-state index in [9.17, 15) is 17.6 Å². The summed E-state index contributed by atoms with van der Waals surface area (Å²) in [5, 5.41) is 9.02. The molecular weight excluding hydrogens is 200 g/mol. The second kappa shape index (κ2) is 3.68. The zero-order valence-electron chi connectivity index (χ0n) is 7.94. The molecule has 2 unspecified atom stereocenters. The Morgan fingerprint density at radius 2 is 2.07 bits per heavy atom. The van der Waals surface area contributed by atoms with Gasteiger partial charge in [-0.2, -0.15) is 0 Å². The normalized spacial score (nSPS) is 29.1. The van der Waals surface area contributed by atoms with Crippen LogP contribution in [0.5, 0.6) is 0 Å². The van der Waals surface area contributed by atoms with Gasteiger partial charge < -0.3 is 5.11 Å². The minimum absolute atomic E-state index is 0.222. The van der Waals surface area contributed by atoms with Crippen molar-refractivity contribution in [2.45, 2.75) is 50.6 Å². The Balaban J connectivity index is 2.40. The topological polar surface area (TPSA) is 20.2 Å². The van der Waals surface area contributed by atoms with Gasteiger partial charge in [0, 0.05) is 19.8 Å². The van der Waals surface area contributed by atoms with Crippen LogP contribution in [0.15, 0.2) is 0 Å². The molecule has 0 saturated heterocycles. The first-order valence-electron chi connectivity index (χ1n) is 4.64. The molecule has 0 heterocycles. The molecule has 1 aliphatic carbocycles. The molecule has 1 nitrogen and oxygen atoms in total. The molecule has 0 aromatic carbocycles. The third-order valence-corrected chi connectivity index (χ3v) is 2.65. The Morgan fingerprint density at radius 1 is 1.50 bits per heavy atom. The summed E-state index contributed by atoms with van der Waals surface area (Å²) in [7, 11) is 0. The van der Waals surface area contributed by atoms with Gasteiger partial charge in [-0.1, -0.05) is 0 Å². The van der Waals surface area contributed by atoms with Crippen LogP contribution in [-0.4, -0.2) is 23.1 Å². The molecule has 1 fully saturated rings. The predicted molar refractivity (Wildman–Crippen MR) is 43.5 cm³/mol. The van der Waals surface area contributed by atoms with Crippen molar-refractivity contribution in [1.29, 1.82) is 0 Å². The molecule has 0 aromatic rings. The Hall–Kier alpha value is -0.320. The second-order valence-electron chi connectivity index (χ2n) is 4.17. The van der Waals surface area contributed by atoms with E-state index in [-0.39, 0.29) is 25.7 Å². The van der Waals surface area contributed by atoms with E-state index < -0.39 is 23.9 Å².